The van der Waals surface area contributed by atoms with E-state index in [4.69, 9.17) is 14.7 Å². The molecule has 1 heterocycles. The first-order chi connectivity index (χ1) is 13.8. The SMILES string of the molecule is CCOc1ccc(-n2c(SCCCC#N)nnc2-c2cccc(OC)c2)cc1. The Hall–Kier alpha value is -2.98. The van der Waals surface area contributed by atoms with Crippen LogP contribution in [0.2, 0.25) is 0 Å². The minimum atomic E-state index is 0.535. The molecule has 6 nitrogen and oxygen atoms in total. The van der Waals surface area contributed by atoms with Gasteiger partial charge in [-0.15, -0.1) is 10.2 Å². The van der Waals surface area contributed by atoms with E-state index in [9.17, 15) is 0 Å². The number of hydrogen-bond donors (Lipinski definition) is 0. The molecule has 0 spiro atoms. The number of nitriles is 1. The first-order valence-electron chi connectivity index (χ1n) is 9.09. The van der Waals surface area contributed by atoms with E-state index in [1.165, 1.54) is 0 Å². The zero-order chi connectivity index (χ0) is 19.8. The molecule has 2 aromatic carbocycles. The fraction of sp³-hybridized carbons (Fsp3) is 0.286. The maximum absolute atomic E-state index is 8.75. The van der Waals surface area contributed by atoms with Crippen molar-refractivity contribution in [3.8, 4) is 34.6 Å². The highest BCUT2D eigenvalue weighted by Gasteiger charge is 2.16. The molecule has 7 heteroatoms. The molecule has 1 aromatic heterocycles. The summed E-state index contributed by atoms with van der Waals surface area (Å²) in [4.78, 5) is 0. The Balaban J connectivity index is 1.99. The van der Waals surface area contributed by atoms with E-state index in [2.05, 4.69) is 16.3 Å². The van der Waals surface area contributed by atoms with Gasteiger partial charge in [-0.25, -0.2) is 0 Å². The van der Waals surface area contributed by atoms with Gasteiger partial charge in [-0.3, -0.25) is 4.57 Å². The van der Waals surface area contributed by atoms with E-state index in [1.54, 1.807) is 18.9 Å². The second-order valence-corrected chi connectivity index (χ2v) is 6.97. The van der Waals surface area contributed by atoms with Crippen LogP contribution in [-0.2, 0) is 0 Å². The molecule has 0 saturated carbocycles. The maximum atomic E-state index is 8.75. The number of hydrogen-bond acceptors (Lipinski definition) is 6. The van der Waals surface area contributed by atoms with Crippen LogP contribution in [0.3, 0.4) is 0 Å². The van der Waals surface area contributed by atoms with Gasteiger partial charge in [0.05, 0.1) is 19.8 Å². The quantitative estimate of drug-likeness (QED) is 0.386. The lowest BCUT2D eigenvalue weighted by Crippen LogP contribution is -2.01. The van der Waals surface area contributed by atoms with Crippen LogP contribution in [0.5, 0.6) is 11.5 Å². The standard InChI is InChI=1S/C21H22N4O2S/c1-3-27-18-11-9-17(10-12-18)25-20(16-7-6-8-19(15-16)26-2)23-24-21(25)28-14-5-4-13-22/h6-12,15H,3-5,14H2,1-2H3. The molecule has 0 amide bonds. The molecule has 0 saturated heterocycles. The van der Waals surface area contributed by atoms with Crippen molar-refractivity contribution in [1.82, 2.24) is 14.8 Å². The summed E-state index contributed by atoms with van der Waals surface area (Å²) in [6.45, 7) is 2.59. The highest BCUT2D eigenvalue weighted by Crippen LogP contribution is 2.30. The van der Waals surface area contributed by atoms with Crippen molar-refractivity contribution in [3.05, 3.63) is 48.5 Å². The summed E-state index contributed by atoms with van der Waals surface area (Å²) in [5.41, 5.74) is 1.87. The zero-order valence-corrected chi connectivity index (χ0v) is 16.8. The lowest BCUT2D eigenvalue weighted by molar-refractivity contribution is 0.340. The number of unbranched alkanes of at least 4 members (excludes halogenated alkanes) is 1. The molecule has 3 aromatic rings. The minimum Gasteiger partial charge on any atom is -0.497 e. The largest absolute Gasteiger partial charge is 0.497 e. The van der Waals surface area contributed by atoms with Gasteiger partial charge in [-0.05, 0) is 49.7 Å². The van der Waals surface area contributed by atoms with E-state index in [0.717, 1.165) is 45.9 Å². The average Bonchev–Trinajstić information content (AvgIpc) is 3.16. The summed E-state index contributed by atoms with van der Waals surface area (Å²) in [6, 6.07) is 17.8. The normalized spacial score (nSPS) is 10.5. The van der Waals surface area contributed by atoms with Crippen LogP contribution < -0.4 is 9.47 Å². The van der Waals surface area contributed by atoms with Gasteiger partial charge in [0, 0.05) is 23.4 Å². The molecule has 0 aliphatic heterocycles. The fourth-order valence-corrected chi connectivity index (χ4v) is 3.61. The third kappa shape index (κ3) is 4.65. The number of thioether (sulfide) groups is 1. The summed E-state index contributed by atoms with van der Waals surface area (Å²) in [6.07, 6.45) is 1.35. The topological polar surface area (TPSA) is 73.0 Å². The molecule has 0 N–H and O–H groups in total. The third-order valence-corrected chi connectivity index (χ3v) is 5.05. The third-order valence-electron chi connectivity index (χ3n) is 4.03. The van der Waals surface area contributed by atoms with Gasteiger partial charge >= 0.3 is 0 Å². The van der Waals surface area contributed by atoms with Crippen LogP contribution in [0.1, 0.15) is 19.8 Å². The fourth-order valence-electron chi connectivity index (χ4n) is 2.72. The highest BCUT2D eigenvalue weighted by atomic mass is 32.2. The second kappa shape index (κ2) is 9.81. The number of aromatic nitrogens is 3. The molecule has 0 aliphatic rings. The van der Waals surface area contributed by atoms with E-state index in [-0.39, 0.29) is 0 Å². The maximum Gasteiger partial charge on any atom is 0.196 e. The number of benzene rings is 2. The van der Waals surface area contributed by atoms with Crippen molar-refractivity contribution in [3.63, 3.8) is 0 Å². The summed E-state index contributed by atoms with van der Waals surface area (Å²) in [5, 5.41) is 18.4. The Morgan fingerprint density at radius 3 is 2.64 bits per heavy atom. The zero-order valence-electron chi connectivity index (χ0n) is 16.0. The van der Waals surface area contributed by atoms with Crippen molar-refractivity contribution < 1.29 is 9.47 Å². The first-order valence-corrected chi connectivity index (χ1v) is 10.1. The van der Waals surface area contributed by atoms with E-state index < -0.39 is 0 Å². The molecule has 0 unspecified atom stereocenters. The molecule has 3 rings (SSSR count). The molecular formula is C21H22N4O2S. The van der Waals surface area contributed by atoms with Crippen LogP contribution >= 0.6 is 11.8 Å². The Bertz CT molecular complexity index is 948. The molecule has 0 atom stereocenters. The molecule has 0 aliphatic carbocycles. The van der Waals surface area contributed by atoms with Crippen molar-refractivity contribution in [2.24, 2.45) is 0 Å². The summed E-state index contributed by atoms with van der Waals surface area (Å²) < 4.78 is 12.9. The van der Waals surface area contributed by atoms with Crippen molar-refractivity contribution >= 4 is 11.8 Å². The van der Waals surface area contributed by atoms with Gasteiger partial charge in [0.1, 0.15) is 11.5 Å². The van der Waals surface area contributed by atoms with Crippen molar-refractivity contribution in [2.45, 2.75) is 24.9 Å². The molecule has 0 radical (unpaired) electrons. The van der Waals surface area contributed by atoms with Crippen molar-refractivity contribution in [2.75, 3.05) is 19.5 Å². The van der Waals surface area contributed by atoms with Crippen LogP contribution in [0.4, 0.5) is 0 Å². The predicted octanol–water partition coefficient (Wildman–Crippen LogP) is 4.74. The van der Waals surface area contributed by atoms with Crippen LogP contribution in [-0.4, -0.2) is 34.2 Å². The Morgan fingerprint density at radius 1 is 1.11 bits per heavy atom. The Labute approximate surface area is 169 Å². The highest BCUT2D eigenvalue weighted by molar-refractivity contribution is 7.99. The molecular weight excluding hydrogens is 372 g/mol. The average molecular weight is 395 g/mol. The number of nitrogens with zero attached hydrogens (tertiary/aromatic N) is 4. The molecule has 28 heavy (non-hydrogen) atoms. The van der Waals surface area contributed by atoms with Gasteiger partial charge in [-0.1, -0.05) is 23.9 Å². The summed E-state index contributed by atoms with van der Waals surface area (Å²) in [5.74, 6) is 3.14. The Morgan fingerprint density at radius 2 is 1.93 bits per heavy atom. The van der Waals surface area contributed by atoms with Gasteiger partial charge < -0.3 is 9.47 Å². The lowest BCUT2D eigenvalue weighted by atomic mass is 10.2. The van der Waals surface area contributed by atoms with Crippen molar-refractivity contribution in [1.29, 1.82) is 5.26 Å². The monoisotopic (exact) mass is 394 g/mol. The van der Waals surface area contributed by atoms with Gasteiger partial charge in [-0.2, -0.15) is 5.26 Å². The minimum absolute atomic E-state index is 0.535. The first kappa shape index (κ1) is 19.8. The van der Waals surface area contributed by atoms with Crippen LogP contribution in [0.15, 0.2) is 53.7 Å². The van der Waals surface area contributed by atoms with E-state index in [0.29, 0.717) is 13.0 Å². The summed E-state index contributed by atoms with van der Waals surface area (Å²) in [7, 11) is 1.65. The molecule has 0 fully saturated rings. The van der Waals surface area contributed by atoms with Crippen LogP contribution in [0, 0.1) is 11.3 Å². The van der Waals surface area contributed by atoms with Crippen LogP contribution in [0.25, 0.3) is 17.1 Å². The predicted molar refractivity (Wildman–Crippen MR) is 110 cm³/mol. The molecule has 144 valence electrons. The van der Waals surface area contributed by atoms with E-state index in [1.807, 2.05) is 60.0 Å². The smallest absolute Gasteiger partial charge is 0.196 e. The van der Waals surface area contributed by atoms with Gasteiger partial charge in [0.15, 0.2) is 11.0 Å². The van der Waals surface area contributed by atoms with Gasteiger partial charge in [0.2, 0.25) is 0 Å². The summed E-state index contributed by atoms with van der Waals surface area (Å²) >= 11 is 1.60. The van der Waals surface area contributed by atoms with E-state index >= 15 is 0 Å². The number of ether oxygens (including phenoxy) is 2. The van der Waals surface area contributed by atoms with Gasteiger partial charge in [0.25, 0.3) is 0 Å². The molecule has 0 bridgehead atoms. The second-order valence-electron chi connectivity index (χ2n) is 5.91. The number of rotatable bonds is 9. The lowest BCUT2D eigenvalue weighted by Gasteiger charge is -2.12. The Kier molecular flexibility index (Phi) is 6.93. The number of methoxy groups -OCH3 is 1.